The number of hydrogen-bond donors (Lipinski definition) is 1. The van der Waals surface area contributed by atoms with Gasteiger partial charge in [0.2, 0.25) is 15.9 Å². The minimum Gasteiger partial charge on any atom is -0.353 e. The lowest BCUT2D eigenvalue weighted by Crippen LogP contribution is -2.50. The van der Waals surface area contributed by atoms with Crippen molar-refractivity contribution >= 4 is 15.9 Å². The van der Waals surface area contributed by atoms with E-state index in [-0.39, 0.29) is 23.1 Å². The zero-order chi connectivity index (χ0) is 17.7. The van der Waals surface area contributed by atoms with Crippen molar-refractivity contribution in [3.05, 3.63) is 0 Å². The molecule has 0 aromatic carbocycles. The molecule has 4 bridgehead atoms. The molecular formula is C19H32N2O3S. The van der Waals surface area contributed by atoms with Gasteiger partial charge < -0.3 is 5.32 Å². The molecule has 1 N–H and O–H groups in total. The van der Waals surface area contributed by atoms with E-state index in [0.717, 1.165) is 30.6 Å². The van der Waals surface area contributed by atoms with Crippen molar-refractivity contribution in [2.24, 2.45) is 23.2 Å². The number of carbonyl (C=O) groups is 1. The molecule has 0 atom stereocenters. The molecule has 1 saturated heterocycles. The monoisotopic (exact) mass is 368 g/mol. The van der Waals surface area contributed by atoms with Crippen molar-refractivity contribution in [3.63, 3.8) is 0 Å². The SMILES string of the molecule is CCS(=O)(=O)N1CCC(NC(=O)CC23CC4CC(CC(C4)C2)C3)CC1. The van der Waals surface area contributed by atoms with E-state index >= 15 is 0 Å². The van der Waals surface area contributed by atoms with Crippen LogP contribution in [0.4, 0.5) is 0 Å². The number of amides is 1. The molecule has 25 heavy (non-hydrogen) atoms. The van der Waals surface area contributed by atoms with Gasteiger partial charge in [0.25, 0.3) is 0 Å². The van der Waals surface area contributed by atoms with Gasteiger partial charge in [-0.3, -0.25) is 4.79 Å². The second-order valence-corrected chi connectivity index (χ2v) is 11.5. The van der Waals surface area contributed by atoms with Crippen LogP contribution in [-0.4, -0.2) is 43.5 Å². The van der Waals surface area contributed by atoms with Crippen LogP contribution in [0.25, 0.3) is 0 Å². The molecule has 142 valence electrons. The summed E-state index contributed by atoms with van der Waals surface area (Å²) >= 11 is 0. The summed E-state index contributed by atoms with van der Waals surface area (Å²) in [6, 6.07) is 0.143. The van der Waals surface area contributed by atoms with Gasteiger partial charge in [0, 0.05) is 25.6 Å². The van der Waals surface area contributed by atoms with E-state index in [2.05, 4.69) is 5.32 Å². The fourth-order valence-corrected chi connectivity index (χ4v) is 7.72. The van der Waals surface area contributed by atoms with E-state index in [9.17, 15) is 13.2 Å². The molecule has 5 fully saturated rings. The van der Waals surface area contributed by atoms with Gasteiger partial charge >= 0.3 is 0 Å². The largest absolute Gasteiger partial charge is 0.353 e. The fraction of sp³-hybridized carbons (Fsp3) is 0.947. The fourth-order valence-electron chi connectivity index (χ4n) is 6.59. The second-order valence-electron chi connectivity index (χ2n) is 9.24. The maximum absolute atomic E-state index is 12.7. The van der Waals surface area contributed by atoms with Crippen molar-refractivity contribution in [1.29, 1.82) is 0 Å². The van der Waals surface area contributed by atoms with Crippen molar-refractivity contribution in [1.82, 2.24) is 9.62 Å². The molecule has 5 rings (SSSR count). The molecule has 1 aliphatic heterocycles. The smallest absolute Gasteiger partial charge is 0.220 e. The Labute approximate surface area is 152 Å². The molecule has 5 aliphatic rings. The number of nitrogens with zero attached hydrogens (tertiary/aromatic N) is 1. The Kier molecular flexibility index (Phi) is 4.64. The zero-order valence-electron chi connectivity index (χ0n) is 15.4. The van der Waals surface area contributed by atoms with Crippen LogP contribution >= 0.6 is 0 Å². The average molecular weight is 369 g/mol. The van der Waals surface area contributed by atoms with Crippen LogP contribution in [0.1, 0.15) is 64.7 Å². The van der Waals surface area contributed by atoms with Gasteiger partial charge in [0.05, 0.1) is 5.75 Å². The second kappa shape index (κ2) is 6.52. The van der Waals surface area contributed by atoms with Gasteiger partial charge in [0.1, 0.15) is 0 Å². The molecule has 0 spiro atoms. The summed E-state index contributed by atoms with van der Waals surface area (Å²) in [5, 5.41) is 3.22. The van der Waals surface area contributed by atoms with Crippen molar-refractivity contribution in [2.75, 3.05) is 18.8 Å². The van der Waals surface area contributed by atoms with E-state index < -0.39 is 10.0 Å². The quantitative estimate of drug-likeness (QED) is 0.811. The lowest BCUT2D eigenvalue weighted by Gasteiger charge is -2.56. The molecule has 1 heterocycles. The van der Waals surface area contributed by atoms with Crippen molar-refractivity contribution in [3.8, 4) is 0 Å². The van der Waals surface area contributed by atoms with Crippen LogP contribution in [-0.2, 0) is 14.8 Å². The molecule has 0 aromatic heterocycles. The number of rotatable bonds is 5. The maximum Gasteiger partial charge on any atom is 0.220 e. The van der Waals surface area contributed by atoms with Crippen LogP contribution in [0, 0.1) is 23.2 Å². The first kappa shape index (κ1) is 17.8. The standard InChI is InChI=1S/C19H32N2O3S/c1-2-25(23,24)21-5-3-17(4-6-21)20-18(22)13-19-10-14-7-15(11-19)9-16(8-14)12-19/h14-17H,2-13H2,1H3,(H,20,22). The first-order valence-corrected chi connectivity index (χ1v) is 11.8. The highest BCUT2D eigenvalue weighted by Crippen LogP contribution is 2.61. The Hall–Kier alpha value is -0.620. The number of carbonyl (C=O) groups excluding carboxylic acids is 1. The molecule has 0 unspecified atom stereocenters. The van der Waals surface area contributed by atoms with Crippen LogP contribution in [0.15, 0.2) is 0 Å². The van der Waals surface area contributed by atoms with Gasteiger partial charge in [-0.05, 0) is 81.5 Å². The normalized spacial score (nSPS) is 38.8. The van der Waals surface area contributed by atoms with E-state index in [1.165, 1.54) is 38.5 Å². The third-order valence-corrected chi connectivity index (χ3v) is 9.16. The maximum atomic E-state index is 12.7. The number of piperidine rings is 1. The molecule has 4 aliphatic carbocycles. The van der Waals surface area contributed by atoms with Gasteiger partial charge in [0.15, 0.2) is 0 Å². The van der Waals surface area contributed by atoms with E-state index in [1.807, 2.05) is 0 Å². The highest BCUT2D eigenvalue weighted by molar-refractivity contribution is 7.89. The zero-order valence-corrected chi connectivity index (χ0v) is 16.2. The van der Waals surface area contributed by atoms with Crippen LogP contribution in [0.3, 0.4) is 0 Å². The minimum atomic E-state index is -3.09. The topological polar surface area (TPSA) is 66.5 Å². The van der Waals surface area contributed by atoms with Gasteiger partial charge in [-0.15, -0.1) is 0 Å². The van der Waals surface area contributed by atoms with Crippen molar-refractivity contribution in [2.45, 2.75) is 70.8 Å². The third kappa shape index (κ3) is 3.61. The Balaban J connectivity index is 1.29. The Morgan fingerprint density at radius 1 is 1.04 bits per heavy atom. The summed E-state index contributed by atoms with van der Waals surface area (Å²) in [5.74, 6) is 3.00. The third-order valence-electron chi connectivity index (χ3n) is 7.28. The van der Waals surface area contributed by atoms with E-state index in [0.29, 0.717) is 19.5 Å². The predicted molar refractivity (Wildman–Crippen MR) is 97.4 cm³/mol. The van der Waals surface area contributed by atoms with Gasteiger partial charge in [-0.1, -0.05) is 0 Å². The summed E-state index contributed by atoms with van der Waals surface area (Å²) in [4.78, 5) is 12.7. The average Bonchev–Trinajstić information content (AvgIpc) is 2.53. The molecule has 5 nitrogen and oxygen atoms in total. The first-order chi connectivity index (χ1) is 11.9. The first-order valence-electron chi connectivity index (χ1n) is 10.1. The Morgan fingerprint density at radius 2 is 1.56 bits per heavy atom. The minimum absolute atomic E-state index is 0.143. The molecule has 6 heteroatoms. The van der Waals surface area contributed by atoms with Gasteiger partial charge in [-0.2, -0.15) is 0 Å². The summed E-state index contributed by atoms with van der Waals surface area (Å²) in [5.41, 5.74) is 0.283. The number of nitrogens with one attached hydrogen (secondary N) is 1. The summed E-state index contributed by atoms with van der Waals surface area (Å²) < 4.78 is 25.5. The van der Waals surface area contributed by atoms with Crippen LogP contribution < -0.4 is 5.32 Å². The van der Waals surface area contributed by atoms with E-state index in [4.69, 9.17) is 0 Å². The molecule has 1 amide bonds. The van der Waals surface area contributed by atoms with Crippen molar-refractivity contribution < 1.29 is 13.2 Å². The molecular weight excluding hydrogens is 336 g/mol. The number of hydrogen-bond acceptors (Lipinski definition) is 3. The molecule has 4 saturated carbocycles. The molecule has 0 radical (unpaired) electrons. The van der Waals surface area contributed by atoms with Gasteiger partial charge in [-0.25, -0.2) is 12.7 Å². The Morgan fingerprint density at radius 3 is 2.04 bits per heavy atom. The summed E-state index contributed by atoms with van der Waals surface area (Å²) in [6.07, 6.45) is 10.2. The summed E-state index contributed by atoms with van der Waals surface area (Å²) in [7, 11) is -3.09. The highest BCUT2D eigenvalue weighted by Gasteiger charge is 2.51. The highest BCUT2D eigenvalue weighted by atomic mass is 32.2. The van der Waals surface area contributed by atoms with E-state index in [1.54, 1.807) is 11.2 Å². The predicted octanol–water partition coefficient (Wildman–Crippen LogP) is 2.52. The van der Waals surface area contributed by atoms with Crippen LogP contribution in [0.2, 0.25) is 0 Å². The lowest BCUT2D eigenvalue weighted by molar-refractivity contribution is -0.130. The Bertz CT molecular complexity index is 587. The lowest BCUT2D eigenvalue weighted by atomic mass is 9.49. The van der Waals surface area contributed by atoms with Crippen LogP contribution in [0.5, 0.6) is 0 Å². The molecule has 0 aromatic rings. The summed E-state index contributed by atoms with van der Waals surface area (Å²) in [6.45, 7) is 2.77. The number of sulfonamides is 1.